The number of nitrogens with two attached hydrogens (primary N) is 1. The topological polar surface area (TPSA) is 105 Å². The van der Waals surface area contributed by atoms with Gasteiger partial charge >= 0.3 is 0 Å². The van der Waals surface area contributed by atoms with Crippen molar-refractivity contribution in [2.75, 3.05) is 16.5 Å². The van der Waals surface area contributed by atoms with Gasteiger partial charge in [0.1, 0.15) is 12.0 Å². The first-order chi connectivity index (χ1) is 14.1. The van der Waals surface area contributed by atoms with Crippen molar-refractivity contribution in [3.05, 3.63) is 84.2 Å². The van der Waals surface area contributed by atoms with E-state index in [4.69, 9.17) is 5.73 Å². The largest absolute Gasteiger partial charge is 0.393 e. The third-order valence-corrected chi connectivity index (χ3v) is 4.53. The Hall–Kier alpha value is -4.13. The van der Waals surface area contributed by atoms with E-state index in [1.165, 1.54) is 6.33 Å². The molecule has 0 fully saturated rings. The Bertz CT molecular complexity index is 1170. The van der Waals surface area contributed by atoms with Gasteiger partial charge in [0, 0.05) is 11.3 Å². The molecule has 0 atom stereocenters. The van der Waals surface area contributed by atoms with E-state index in [0.717, 1.165) is 22.0 Å². The van der Waals surface area contributed by atoms with Crippen molar-refractivity contribution >= 4 is 39.7 Å². The Kier molecular flexibility index (Phi) is 4.94. The standard InChI is InChI=1S/C22H20N6O/c1-14-9-11-16(12-10-14)26-20-19(23)21(25-13-24-20)27-28-22(29)18-8-4-6-15-5-2-3-7-17(15)18/h2-13H,23H2,1H3,(H,28,29)(H2,24,25,26,27). The van der Waals surface area contributed by atoms with Crippen molar-refractivity contribution in [1.82, 2.24) is 15.4 Å². The monoisotopic (exact) mass is 384 g/mol. The molecular weight excluding hydrogens is 364 g/mol. The highest BCUT2D eigenvalue weighted by atomic mass is 16.2. The Morgan fingerprint density at radius 1 is 0.897 bits per heavy atom. The van der Waals surface area contributed by atoms with E-state index in [-0.39, 0.29) is 5.91 Å². The lowest BCUT2D eigenvalue weighted by Gasteiger charge is -2.14. The molecule has 144 valence electrons. The molecule has 5 N–H and O–H groups in total. The van der Waals surface area contributed by atoms with Crippen LogP contribution in [0.3, 0.4) is 0 Å². The number of benzene rings is 3. The van der Waals surface area contributed by atoms with Crippen LogP contribution in [0.5, 0.6) is 0 Å². The smallest absolute Gasteiger partial charge is 0.270 e. The van der Waals surface area contributed by atoms with Crippen LogP contribution in [0.25, 0.3) is 10.8 Å². The van der Waals surface area contributed by atoms with Crippen molar-refractivity contribution in [2.45, 2.75) is 6.92 Å². The van der Waals surface area contributed by atoms with Gasteiger partial charge in [-0.15, -0.1) is 0 Å². The summed E-state index contributed by atoms with van der Waals surface area (Å²) in [5.41, 5.74) is 14.5. The lowest BCUT2D eigenvalue weighted by molar-refractivity contribution is 0.0964. The third kappa shape index (κ3) is 3.93. The number of aryl methyl sites for hydroxylation is 1. The van der Waals surface area contributed by atoms with Gasteiger partial charge in [-0.25, -0.2) is 9.97 Å². The molecule has 1 heterocycles. The van der Waals surface area contributed by atoms with Gasteiger partial charge in [0.25, 0.3) is 5.91 Å². The Morgan fingerprint density at radius 2 is 1.62 bits per heavy atom. The van der Waals surface area contributed by atoms with E-state index in [0.29, 0.717) is 22.9 Å². The molecule has 0 saturated carbocycles. The number of nitrogens with one attached hydrogen (secondary N) is 3. The number of amides is 1. The molecule has 1 amide bonds. The minimum absolute atomic E-state index is 0.284. The average molecular weight is 384 g/mol. The number of hydrazine groups is 1. The molecule has 0 spiro atoms. The lowest BCUT2D eigenvalue weighted by Crippen LogP contribution is -2.30. The number of aromatic nitrogens is 2. The van der Waals surface area contributed by atoms with Crippen LogP contribution in [-0.4, -0.2) is 15.9 Å². The van der Waals surface area contributed by atoms with Crippen LogP contribution >= 0.6 is 0 Å². The maximum atomic E-state index is 12.7. The first kappa shape index (κ1) is 18.2. The fourth-order valence-electron chi connectivity index (χ4n) is 2.98. The lowest BCUT2D eigenvalue weighted by atomic mass is 10.0. The van der Waals surface area contributed by atoms with Crippen LogP contribution in [-0.2, 0) is 0 Å². The van der Waals surface area contributed by atoms with E-state index in [2.05, 4.69) is 26.1 Å². The molecule has 0 aliphatic carbocycles. The quantitative estimate of drug-likeness (QED) is 0.387. The molecule has 1 aromatic heterocycles. The van der Waals surface area contributed by atoms with Crippen molar-refractivity contribution in [3.8, 4) is 0 Å². The molecule has 0 bridgehead atoms. The van der Waals surface area contributed by atoms with Crippen LogP contribution in [0.2, 0.25) is 0 Å². The molecule has 4 aromatic rings. The molecule has 0 aliphatic heterocycles. The SMILES string of the molecule is Cc1ccc(Nc2ncnc(NNC(=O)c3cccc4ccccc34)c2N)cc1. The van der Waals surface area contributed by atoms with Gasteiger partial charge in [0.15, 0.2) is 11.6 Å². The first-order valence-corrected chi connectivity index (χ1v) is 9.10. The summed E-state index contributed by atoms with van der Waals surface area (Å²) in [5.74, 6) is 0.474. The van der Waals surface area contributed by atoms with Crippen molar-refractivity contribution in [3.63, 3.8) is 0 Å². The van der Waals surface area contributed by atoms with Crippen molar-refractivity contribution < 1.29 is 4.79 Å². The summed E-state index contributed by atoms with van der Waals surface area (Å²) in [6, 6.07) is 21.1. The second-order valence-electron chi connectivity index (χ2n) is 6.58. The number of hydrogen-bond donors (Lipinski definition) is 4. The summed E-state index contributed by atoms with van der Waals surface area (Å²) >= 11 is 0. The summed E-state index contributed by atoms with van der Waals surface area (Å²) in [4.78, 5) is 21.0. The molecule has 0 unspecified atom stereocenters. The predicted molar refractivity (Wildman–Crippen MR) is 116 cm³/mol. The van der Waals surface area contributed by atoms with Gasteiger partial charge in [-0.2, -0.15) is 0 Å². The zero-order valence-corrected chi connectivity index (χ0v) is 15.8. The maximum absolute atomic E-state index is 12.7. The molecule has 3 aromatic carbocycles. The highest BCUT2D eigenvalue weighted by molar-refractivity contribution is 6.07. The molecule has 29 heavy (non-hydrogen) atoms. The zero-order chi connectivity index (χ0) is 20.2. The molecule has 4 rings (SSSR count). The van der Waals surface area contributed by atoms with Crippen molar-refractivity contribution in [2.24, 2.45) is 0 Å². The van der Waals surface area contributed by atoms with E-state index < -0.39 is 0 Å². The highest BCUT2D eigenvalue weighted by Gasteiger charge is 2.12. The van der Waals surface area contributed by atoms with E-state index in [9.17, 15) is 4.79 Å². The van der Waals surface area contributed by atoms with Gasteiger partial charge in [0.2, 0.25) is 0 Å². The van der Waals surface area contributed by atoms with Gasteiger partial charge in [-0.3, -0.25) is 15.6 Å². The van der Waals surface area contributed by atoms with Crippen LogP contribution < -0.4 is 21.9 Å². The van der Waals surface area contributed by atoms with Crippen LogP contribution in [0, 0.1) is 6.92 Å². The van der Waals surface area contributed by atoms with E-state index in [1.54, 1.807) is 6.07 Å². The summed E-state index contributed by atoms with van der Waals surface area (Å²) in [6.45, 7) is 2.02. The fourth-order valence-corrected chi connectivity index (χ4v) is 2.98. The molecule has 0 radical (unpaired) electrons. The number of hydrogen-bond acceptors (Lipinski definition) is 6. The third-order valence-electron chi connectivity index (χ3n) is 4.53. The van der Waals surface area contributed by atoms with Gasteiger partial charge in [0.05, 0.1) is 0 Å². The van der Waals surface area contributed by atoms with Crippen LogP contribution in [0.4, 0.5) is 23.0 Å². The predicted octanol–water partition coefficient (Wildman–Crippen LogP) is 4.02. The Labute approximate surface area is 168 Å². The summed E-state index contributed by atoms with van der Waals surface area (Å²) in [5, 5.41) is 5.01. The van der Waals surface area contributed by atoms with Crippen molar-refractivity contribution in [1.29, 1.82) is 0 Å². The minimum Gasteiger partial charge on any atom is -0.393 e. The highest BCUT2D eigenvalue weighted by Crippen LogP contribution is 2.25. The summed E-state index contributed by atoms with van der Waals surface area (Å²) < 4.78 is 0. The van der Waals surface area contributed by atoms with Crippen LogP contribution in [0.1, 0.15) is 15.9 Å². The van der Waals surface area contributed by atoms with E-state index >= 15 is 0 Å². The second kappa shape index (κ2) is 7.85. The number of anilines is 4. The van der Waals surface area contributed by atoms with Gasteiger partial charge < -0.3 is 11.1 Å². The van der Waals surface area contributed by atoms with Crippen LogP contribution in [0.15, 0.2) is 73.1 Å². The van der Waals surface area contributed by atoms with Gasteiger partial charge in [-0.05, 0) is 35.9 Å². The Balaban J connectivity index is 1.51. The average Bonchev–Trinajstić information content (AvgIpc) is 2.75. The number of rotatable bonds is 5. The number of nitrogen functional groups attached to an aromatic ring is 1. The first-order valence-electron chi connectivity index (χ1n) is 9.10. The fraction of sp³-hybridized carbons (Fsp3) is 0.0455. The number of nitrogens with zero attached hydrogens (tertiary/aromatic N) is 2. The molecular formula is C22H20N6O. The zero-order valence-electron chi connectivity index (χ0n) is 15.8. The normalized spacial score (nSPS) is 10.5. The Morgan fingerprint density at radius 3 is 2.45 bits per heavy atom. The number of carbonyl (C=O) groups excluding carboxylic acids is 1. The van der Waals surface area contributed by atoms with E-state index in [1.807, 2.05) is 67.6 Å². The molecule has 7 nitrogen and oxygen atoms in total. The number of carbonyl (C=O) groups is 1. The molecule has 0 aliphatic rings. The number of fused-ring (bicyclic) bond motifs is 1. The summed E-state index contributed by atoms with van der Waals surface area (Å²) in [6.07, 6.45) is 1.37. The minimum atomic E-state index is -0.284. The molecule has 7 heteroatoms. The maximum Gasteiger partial charge on any atom is 0.270 e. The second-order valence-corrected chi connectivity index (χ2v) is 6.58. The molecule has 0 saturated heterocycles. The van der Waals surface area contributed by atoms with Gasteiger partial charge in [-0.1, -0.05) is 54.1 Å². The summed E-state index contributed by atoms with van der Waals surface area (Å²) in [7, 11) is 0.